The minimum atomic E-state index is -0.191. The number of benzene rings is 1. The van der Waals surface area contributed by atoms with E-state index in [0.29, 0.717) is 6.54 Å². The van der Waals surface area contributed by atoms with Gasteiger partial charge in [0.15, 0.2) is 0 Å². The number of carbonyl (C=O) groups excluding carboxylic acids is 1. The summed E-state index contributed by atoms with van der Waals surface area (Å²) < 4.78 is 1.98. The normalized spacial score (nSPS) is 12.2. The summed E-state index contributed by atoms with van der Waals surface area (Å²) in [5, 5.41) is 5.74. The number of aromatic nitrogens is 4. The molecule has 7 heteroatoms. The fourth-order valence-corrected chi connectivity index (χ4v) is 2.38. The van der Waals surface area contributed by atoms with Gasteiger partial charge in [-0.1, -0.05) is 12.1 Å². The van der Waals surface area contributed by atoms with E-state index < -0.39 is 0 Å². The van der Waals surface area contributed by atoms with Crippen LogP contribution in [0.5, 0.6) is 0 Å². The van der Waals surface area contributed by atoms with Crippen molar-refractivity contribution in [1.82, 2.24) is 30.2 Å². The average molecular weight is 312 g/mol. The Labute approximate surface area is 134 Å². The van der Waals surface area contributed by atoms with Crippen molar-refractivity contribution in [2.75, 3.05) is 6.54 Å². The molecule has 0 radical (unpaired) electrons. The number of fused-ring (bicyclic) bond motifs is 1. The maximum absolute atomic E-state index is 11.9. The highest BCUT2D eigenvalue weighted by Crippen LogP contribution is 2.15. The van der Waals surface area contributed by atoms with Crippen LogP contribution in [0.4, 0.5) is 4.79 Å². The molecule has 0 aliphatic carbocycles. The van der Waals surface area contributed by atoms with Crippen LogP contribution < -0.4 is 10.6 Å². The van der Waals surface area contributed by atoms with Crippen LogP contribution in [-0.2, 0) is 6.54 Å². The van der Waals surface area contributed by atoms with E-state index in [-0.39, 0.29) is 12.1 Å². The lowest BCUT2D eigenvalue weighted by Gasteiger charge is -2.12. The van der Waals surface area contributed by atoms with Crippen molar-refractivity contribution in [3.8, 4) is 0 Å². The number of amides is 2. The zero-order chi connectivity index (χ0) is 16.1. The first-order valence-electron chi connectivity index (χ1n) is 7.67. The summed E-state index contributed by atoms with van der Waals surface area (Å²) in [6.45, 7) is 3.35. The van der Waals surface area contributed by atoms with Crippen molar-refractivity contribution >= 4 is 17.1 Å². The SMILES string of the molecule is CC(NC(=O)NCCCn1ccnc1)c1nc2ccccc2[nH]1. The number of rotatable bonds is 6. The van der Waals surface area contributed by atoms with E-state index in [1.165, 1.54) is 0 Å². The van der Waals surface area contributed by atoms with Crippen LogP contribution in [0.1, 0.15) is 25.2 Å². The molecular weight excluding hydrogens is 292 g/mol. The van der Waals surface area contributed by atoms with Gasteiger partial charge in [-0.15, -0.1) is 0 Å². The van der Waals surface area contributed by atoms with Crippen LogP contribution >= 0.6 is 0 Å². The second kappa shape index (κ2) is 6.95. The molecule has 23 heavy (non-hydrogen) atoms. The molecule has 3 aromatic rings. The molecule has 0 spiro atoms. The Morgan fingerprint density at radius 3 is 3.04 bits per heavy atom. The molecule has 2 aromatic heterocycles. The number of nitrogens with zero attached hydrogens (tertiary/aromatic N) is 3. The van der Waals surface area contributed by atoms with Crippen LogP contribution in [0.2, 0.25) is 0 Å². The van der Waals surface area contributed by atoms with E-state index >= 15 is 0 Å². The van der Waals surface area contributed by atoms with Gasteiger partial charge in [-0.2, -0.15) is 0 Å². The molecule has 2 amide bonds. The Morgan fingerprint density at radius 2 is 2.26 bits per heavy atom. The molecule has 0 aliphatic heterocycles. The first-order chi connectivity index (χ1) is 11.2. The summed E-state index contributed by atoms with van der Waals surface area (Å²) in [6.07, 6.45) is 6.27. The van der Waals surface area contributed by atoms with Crippen molar-refractivity contribution in [1.29, 1.82) is 0 Å². The Balaban J connectivity index is 1.45. The molecule has 0 aliphatic rings. The smallest absolute Gasteiger partial charge is 0.315 e. The second-order valence-electron chi connectivity index (χ2n) is 5.42. The standard InChI is InChI=1S/C16H20N6O/c1-12(15-20-13-5-2-3-6-14(13)21-15)19-16(23)18-7-4-9-22-10-8-17-11-22/h2-3,5-6,8,10-12H,4,7,9H2,1H3,(H,20,21)(H2,18,19,23). The van der Waals surface area contributed by atoms with Crippen LogP contribution in [0.25, 0.3) is 11.0 Å². The fraction of sp³-hybridized carbons (Fsp3) is 0.312. The molecule has 1 aromatic carbocycles. The minimum absolute atomic E-state index is 0.184. The van der Waals surface area contributed by atoms with Crippen molar-refractivity contribution < 1.29 is 4.79 Å². The Kier molecular flexibility index (Phi) is 4.56. The maximum Gasteiger partial charge on any atom is 0.315 e. The summed E-state index contributed by atoms with van der Waals surface area (Å²) in [6, 6.07) is 7.43. The number of H-pyrrole nitrogens is 1. The first-order valence-corrected chi connectivity index (χ1v) is 7.67. The largest absolute Gasteiger partial charge is 0.340 e. The maximum atomic E-state index is 11.9. The van der Waals surface area contributed by atoms with Crippen molar-refractivity contribution in [2.24, 2.45) is 0 Å². The third-order valence-electron chi connectivity index (χ3n) is 3.60. The summed E-state index contributed by atoms with van der Waals surface area (Å²) in [5.74, 6) is 0.750. The topological polar surface area (TPSA) is 87.6 Å². The number of hydrogen-bond acceptors (Lipinski definition) is 3. The van der Waals surface area contributed by atoms with Crippen LogP contribution in [-0.4, -0.2) is 32.1 Å². The summed E-state index contributed by atoms with van der Waals surface area (Å²) in [5.41, 5.74) is 1.87. The molecule has 1 atom stereocenters. The average Bonchev–Trinajstić information content (AvgIpc) is 3.20. The van der Waals surface area contributed by atoms with Gasteiger partial charge in [-0.05, 0) is 25.5 Å². The number of aryl methyl sites for hydroxylation is 1. The minimum Gasteiger partial charge on any atom is -0.340 e. The lowest BCUT2D eigenvalue weighted by Crippen LogP contribution is -2.38. The highest BCUT2D eigenvalue weighted by Gasteiger charge is 2.12. The van der Waals surface area contributed by atoms with Gasteiger partial charge in [0.05, 0.1) is 23.4 Å². The van der Waals surface area contributed by atoms with Gasteiger partial charge in [0.2, 0.25) is 0 Å². The van der Waals surface area contributed by atoms with E-state index in [4.69, 9.17) is 0 Å². The van der Waals surface area contributed by atoms with Crippen molar-refractivity contribution in [2.45, 2.75) is 25.9 Å². The summed E-state index contributed by atoms with van der Waals surface area (Å²) >= 11 is 0. The monoisotopic (exact) mass is 312 g/mol. The lowest BCUT2D eigenvalue weighted by atomic mass is 10.3. The van der Waals surface area contributed by atoms with E-state index in [1.54, 1.807) is 12.5 Å². The zero-order valence-electron chi connectivity index (χ0n) is 13.0. The quantitative estimate of drug-likeness (QED) is 0.610. The van der Waals surface area contributed by atoms with Crippen LogP contribution in [0.15, 0.2) is 43.0 Å². The van der Waals surface area contributed by atoms with Crippen molar-refractivity contribution in [3.05, 3.63) is 48.8 Å². The second-order valence-corrected chi connectivity index (χ2v) is 5.42. The molecule has 0 saturated carbocycles. The van der Waals surface area contributed by atoms with Gasteiger partial charge in [-0.25, -0.2) is 14.8 Å². The van der Waals surface area contributed by atoms with Gasteiger partial charge in [0.25, 0.3) is 0 Å². The van der Waals surface area contributed by atoms with Gasteiger partial charge < -0.3 is 20.2 Å². The molecule has 120 valence electrons. The van der Waals surface area contributed by atoms with Gasteiger partial charge >= 0.3 is 6.03 Å². The molecule has 3 N–H and O–H groups in total. The zero-order valence-corrected chi connectivity index (χ0v) is 13.0. The van der Waals surface area contributed by atoms with Crippen LogP contribution in [0, 0.1) is 0 Å². The Hall–Kier alpha value is -2.83. The molecule has 0 bridgehead atoms. The number of carbonyl (C=O) groups is 1. The molecule has 0 fully saturated rings. The predicted molar refractivity (Wildman–Crippen MR) is 87.9 cm³/mol. The Bertz CT molecular complexity index is 731. The van der Waals surface area contributed by atoms with Gasteiger partial charge in [0.1, 0.15) is 5.82 Å². The number of para-hydroxylation sites is 2. The number of aromatic amines is 1. The molecule has 2 heterocycles. The number of hydrogen-bond donors (Lipinski definition) is 3. The highest BCUT2D eigenvalue weighted by molar-refractivity contribution is 5.76. The Morgan fingerprint density at radius 1 is 1.39 bits per heavy atom. The highest BCUT2D eigenvalue weighted by atomic mass is 16.2. The number of imidazole rings is 2. The fourth-order valence-electron chi connectivity index (χ4n) is 2.38. The van der Waals surface area contributed by atoms with Gasteiger partial charge in [0, 0.05) is 25.5 Å². The summed E-state index contributed by atoms with van der Waals surface area (Å²) in [7, 11) is 0. The van der Waals surface area contributed by atoms with Crippen molar-refractivity contribution in [3.63, 3.8) is 0 Å². The molecule has 7 nitrogen and oxygen atoms in total. The first kappa shape index (κ1) is 15.1. The van der Waals surface area contributed by atoms with E-state index in [9.17, 15) is 4.79 Å². The third kappa shape index (κ3) is 3.88. The van der Waals surface area contributed by atoms with Crippen LogP contribution in [0.3, 0.4) is 0 Å². The summed E-state index contributed by atoms with van der Waals surface area (Å²) in [4.78, 5) is 23.6. The molecule has 0 saturated heterocycles. The van der Waals surface area contributed by atoms with Gasteiger partial charge in [-0.3, -0.25) is 0 Å². The lowest BCUT2D eigenvalue weighted by molar-refractivity contribution is 0.237. The predicted octanol–water partition coefficient (Wildman–Crippen LogP) is 2.21. The van der Waals surface area contributed by atoms with E-state index in [2.05, 4.69) is 25.6 Å². The number of urea groups is 1. The van der Waals surface area contributed by atoms with E-state index in [1.807, 2.05) is 42.0 Å². The number of nitrogens with one attached hydrogen (secondary N) is 3. The third-order valence-corrected chi connectivity index (χ3v) is 3.60. The molecule has 3 rings (SSSR count). The van der Waals surface area contributed by atoms with E-state index in [0.717, 1.165) is 29.8 Å². The molecule has 1 unspecified atom stereocenters. The molecular formula is C16H20N6O.